The fourth-order valence-electron chi connectivity index (χ4n) is 3.12. The molecule has 1 amide bonds. The van der Waals surface area contributed by atoms with E-state index in [9.17, 15) is 13.6 Å². The van der Waals surface area contributed by atoms with Crippen LogP contribution in [0.15, 0.2) is 42.2 Å². The van der Waals surface area contributed by atoms with E-state index in [0.717, 1.165) is 23.0 Å². The number of nitrogens with two attached hydrogens (primary N) is 1. The fraction of sp³-hybridized carbons (Fsp3) is 0.100. The maximum atomic E-state index is 13.9. The molecular formula is C20H16F2N6O2S. The number of amides is 1. The van der Waals surface area contributed by atoms with Crippen LogP contribution in [-0.4, -0.2) is 32.8 Å². The number of methoxy groups -OCH3 is 1. The van der Waals surface area contributed by atoms with Gasteiger partial charge in [0.2, 0.25) is 0 Å². The maximum absolute atomic E-state index is 13.9. The van der Waals surface area contributed by atoms with E-state index in [1.54, 1.807) is 19.3 Å². The number of nitrogen functional groups attached to an aromatic ring is 1. The van der Waals surface area contributed by atoms with Crippen molar-refractivity contribution >= 4 is 28.6 Å². The van der Waals surface area contributed by atoms with Crippen molar-refractivity contribution in [2.24, 2.45) is 7.05 Å². The van der Waals surface area contributed by atoms with Crippen LogP contribution in [-0.2, 0) is 7.05 Å². The van der Waals surface area contributed by atoms with E-state index in [0.29, 0.717) is 17.0 Å². The molecule has 158 valence electrons. The average molecular weight is 442 g/mol. The van der Waals surface area contributed by atoms with Gasteiger partial charge < -0.3 is 15.8 Å². The lowest BCUT2D eigenvalue weighted by molar-refractivity contribution is 0.102. The minimum atomic E-state index is -1.01. The van der Waals surface area contributed by atoms with E-state index in [4.69, 9.17) is 10.5 Å². The first kappa shape index (κ1) is 20.4. The minimum absolute atomic E-state index is 0.0319. The molecule has 0 aliphatic heterocycles. The molecule has 0 saturated carbocycles. The van der Waals surface area contributed by atoms with E-state index in [-0.39, 0.29) is 11.4 Å². The number of thiazole rings is 1. The number of hydrogen-bond donors (Lipinski definition) is 2. The number of aryl methyl sites for hydroxylation is 1. The Hall–Kier alpha value is -3.86. The third-order valence-electron chi connectivity index (χ3n) is 4.52. The molecule has 8 nitrogen and oxygen atoms in total. The number of halogens is 2. The zero-order valence-electron chi connectivity index (χ0n) is 16.4. The summed E-state index contributed by atoms with van der Waals surface area (Å²) in [6, 6.07) is 5.45. The molecule has 0 unspecified atom stereocenters. The molecule has 3 heterocycles. The highest BCUT2D eigenvalue weighted by molar-refractivity contribution is 7.13. The van der Waals surface area contributed by atoms with Crippen LogP contribution < -0.4 is 15.8 Å². The highest BCUT2D eigenvalue weighted by Crippen LogP contribution is 2.38. The summed E-state index contributed by atoms with van der Waals surface area (Å²) >= 11 is 1.47. The standard InChI is InChI=1S/C20H16F2N6O2S/c1-28-18(11-7-10(3-4-14(11)30-2)20-25-5-6-31-20)15(23)17(27-28)19(29)26-16-12(21)8-24-9-13(16)22/h3-9H,23H2,1-2H3,(H,24,26,29). The Labute approximate surface area is 179 Å². The highest BCUT2D eigenvalue weighted by Gasteiger charge is 2.25. The lowest BCUT2D eigenvalue weighted by atomic mass is 10.0. The third kappa shape index (κ3) is 3.70. The number of aromatic nitrogens is 4. The van der Waals surface area contributed by atoms with E-state index in [2.05, 4.69) is 20.4 Å². The summed E-state index contributed by atoms with van der Waals surface area (Å²) in [4.78, 5) is 20.4. The van der Waals surface area contributed by atoms with Crippen molar-refractivity contribution in [2.75, 3.05) is 18.2 Å². The van der Waals surface area contributed by atoms with Gasteiger partial charge in [0, 0.05) is 29.8 Å². The summed E-state index contributed by atoms with van der Waals surface area (Å²) in [7, 11) is 3.11. The monoisotopic (exact) mass is 442 g/mol. The van der Waals surface area contributed by atoms with Gasteiger partial charge in [0.25, 0.3) is 5.91 Å². The quantitative estimate of drug-likeness (QED) is 0.488. The van der Waals surface area contributed by atoms with Crippen molar-refractivity contribution in [1.82, 2.24) is 19.7 Å². The van der Waals surface area contributed by atoms with Crippen molar-refractivity contribution in [2.45, 2.75) is 0 Å². The normalized spacial score (nSPS) is 10.8. The summed E-state index contributed by atoms with van der Waals surface area (Å²) in [5, 5.41) is 8.98. The number of hydrogen-bond acceptors (Lipinski definition) is 7. The van der Waals surface area contributed by atoms with Crippen molar-refractivity contribution in [3.8, 4) is 27.6 Å². The van der Waals surface area contributed by atoms with Crippen LogP contribution in [0.25, 0.3) is 21.8 Å². The molecule has 1 aromatic carbocycles. The first-order valence-corrected chi connectivity index (χ1v) is 9.79. The minimum Gasteiger partial charge on any atom is -0.496 e. The predicted molar refractivity (Wildman–Crippen MR) is 113 cm³/mol. The third-order valence-corrected chi connectivity index (χ3v) is 5.35. The van der Waals surface area contributed by atoms with Crippen LogP contribution in [0, 0.1) is 11.6 Å². The molecule has 0 spiro atoms. The molecule has 0 bridgehead atoms. The van der Waals surface area contributed by atoms with Gasteiger partial charge in [0.1, 0.15) is 16.4 Å². The number of benzene rings is 1. The Kier molecular flexibility index (Phi) is 5.34. The number of pyridine rings is 1. The lowest BCUT2D eigenvalue weighted by Crippen LogP contribution is -2.16. The Balaban J connectivity index is 1.77. The van der Waals surface area contributed by atoms with Gasteiger partial charge in [-0.2, -0.15) is 5.10 Å². The van der Waals surface area contributed by atoms with E-state index in [1.807, 2.05) is 17.5 Å². The zero-order chi connectivity index (χ0) is 22.1. The second-order valence-corrected chi connectivity index (χ2v) is 7.31. The largest absolute Gasteiger partial charge is 0.496 e. The van der Waals surface area contributed by atoms with Gasteiger partial charge in [0.05, 0.1) is 30.9 Å². The van der Waals surface area contributed by atoms with Crippen molar-refractivity contribution in [3.63, 3.8) is 0 Å². The van der Waals surface area contributed by atoms with Crippen molar-refractivity contribution < 1.29 is 18.3 Å². The summed E-state index contributed by atoms with van der Waals surface area (Å²) in [5.41, 5.74) is 7.29. The van der Waals surface area contributed by atoms with Crippen LogP contribution in [0.5, 0.6) is 5.75 Å². The number of rotatable bonds is 5. The van der Waals surface area contributed by atoms with Crippen molar-refractivity contribution in [1.29, 1.82) is 0 Å². The Morgan fingerprint density at radius 3 is 2.65 bits per heavy atom. The number of carbonyl (C=O) groups is 1. The van der Waals surface area contributed by atoms with Gasteiger partial charge in [-0.1, -0.05) is 0 Å². The lowest BCUT2D eigenvalue weighted by Gasteiger charge is -2.11. The number of nitrogens with one attached hydrogen (secondary N) is 1. The molecule has 0 aliphatic carbocycles. The van der Waals surface area contributed by atoms with Crippen LogP contribution in [0.1, 0.15) is 10.5 Å². The van der Waals surface area contributed by atoms with Crippen LogP contribution in [0.4, 0.5) is 20.2 Å². The molecule has 4 aromatic rings. The molecule has 11 heteroatoms. The van der Waals surface area contributed by atoms with Crippen molar-refractivity contribution in [3.05, 3.63) is 59.5 Å². The second-order valence-electron chi connectivity index (χ2n) is 6.42. The molecule has 4 rings (SSSR count). The number of ether oxygens (including phenoxy) is 1. The SMILES string of the molecule is COc1ccc(-c2nccs2)cc1-c1c(N)c(C(=O)Nc2c(F)cncc2F)nn1C. The van der Waals surface area contributed by atoms with Gasteiger partial charge in [-0.3, -0.25) is 14.5 Å². The maximum Gasteiger partial charge on any atom is 0.278 e. The molecular weight excluding hydrogens is 426 g/mol. The molecule has 0 radical (unpaired) electrons. The summed E-state index contributed by atoms with van der Waals surface area (Å²) < 4.78 is 34.6. The van der Waals surface area contributed by atoms with Crippen LogP contribution >= 0.6 is 11.3 Å². The Morgan fingerprint density at radius 1 is 1.26 bits per heavy atom. The smallest absolute Gasteiger partial charge is 0.278 e. The molecule has 0 atom stereocenters. The van der Waals surface area contributed by atoms with E-state index >= 15 is 0 Å². The van der Waals surface area contributed by atoms with E-state index < -0.39 is 23.2 Å². The molecule has 31 heavy (non-hydrogen) atoms. The summed E-state index contributed by atoms with van der Waals surface area (Å²) in [6.07, 6.45) is 3.28. The van der Waals surface area contributed by atoms with Gasteiger partial charge in [-0.15, -0.1) is 11.3 Å². The zero-order valence-corrected chi connectivity index (χ0v) is 17.2. The molecule has 0 fully saturated rings. The van der Waals surface area contributed by atoms with Gasteiger partial charge in [-0.25, -0.2) is 13.8 Å². The molecule has 3 aromatic heterocycles. The fourth-order valence-corrected chi connectivity index (χ4v) is 3.76. The topological polar surface area (TPSA) is 108 Å². The molecule has 0 saturated heterocycles. The number of anilines is 2. The van der Waals surface area contributed by atoms with Gasteiger partial charge in [0.15, 0.2) is 17.3 Å². The predicted octanol–water partition coefficient (Wildman–Crippen LogP) is 3.73. The van der Waals surface area contributed by atoms with Crippen LogP contribution in [0.2, 0.25) is 0 Å². The summed E-state index contributed by atoms with van der Waals surface area (Å²) in [6.45, 7) is 0. The number of carbonyl (C=O) groups excluding carboxylic acids is 1. The highest BCUT2D eigenvalue weighted by atomic mass is 32.1. The Morgan fingerprint density at radius 2 is 2.00 bits per heavy atom. The first-order valence-electron chi connectivity index (χ1n) is 8.91. The molecule has 0 aliphatic rings. The second kappa shape index (κ2) is 8.11. The van der Waals surface area contributed by atoms with Gasteiger partial charge >= 0.3 is 0 Å². The Bertz CT molecular complexity index is 1250. The van der Waals surface area contributed by atoms with Gasteiger partial charge in [-0.05, 0) is 18.2 Å². The molecule has 3 N–H and O–H groups in total. The summed E-state index contributed by atoms with van der Waals surface area (Å²) in [5.74, 6) is -2.38. The number of nitrogens with zero attached hydrogens (tertiary/aromatic N) is 4. The first-order chi connectivity index (χ1) is 14.9. The average Bonchev–Trinajstić information content (AvgIpc) is 3.38. The van der Waals surface area contributed by atoms with Crippen LogP contribution in [0.3, 0.4) is 0 Å². The van der Waals surface area contributed by atoms with E-state index in [1.165, 1.54) is 23.1 Å².